The highest BCUT2D eigenvalue weighted by Crippen LogP contribution is 2.35. The highest BCUT2D eigenvalue weighted by Gasteiger charge is 2.22. The lowest BCUT2D eigenvalue weighted by molar-refractivity contribution is -0.121. The molecule has 3 rings (SSSR count). The van der Waals surface area contributed by atoms with Crippen molar-refractivity contribution in [1.29, 1.82) is 0 Å². The second-order valence-electron chi connectivity index (χ2n) is 5.64. The molecule has 0 radical (unpaired) electrons. The highest BCUT2D eigenvalue weighted by molar-refractivity contribution is 9.10. The van der Waals surface area contributed by atoms with E-state index in [0.29, 0.717) is 10.0 Å². The molecule has 0 bridgehead atoms. The summed E-state index contributed by atoms with van der Waals surface area (Å²) < 4.78 is 0.662. The fourth-order valence-electron chi connectivity index (χ4n) is 2.43. The first-order valence-electron chi connectivity index (χ1n) is 8.26. The van der Waals surface area contributed by atoms with E-state index >= 15 is 0 Å². The van der Waals surface area contributed by atoms with Crippen LogP contribution in [0.15, 0.2) is 94.3 Å². The Labute approximate surface area is 170 Å². The van der Waals surface area contributed by atoms with Crippen molar-refractivity contribution in [3.8, 4) is 0 Å². The Morgan fingerprint density at radius 3 is 2.04 bits per heavy atom. The molecule has 0 heterocycles. The number of benzene rings is 3. The van der Waals surface area contributed by atoms with Gasteiger partial charge < -0.3 is 0 Å². The second-order valence-corrected chi connectivity index (χ2v) is 7.68. The van der Waals surface area contributed by atoms with Crippen LogP contribution in [0.1, 0.15) is 21.2 Å². The molecule has 2 amide bonds. The molecular formula is C21H17BrN2O2S. The fraction of sp³-hybridized carbons (Fsp3) is 0.0476. The van der Waals surface area contributed by atoms with E-state index in [9.17, 15) is 9.59 Å². The molecule has 1 atom stereocenters. The third kappa shape index (κ3) is 5.21. The number of hydrogen-bond donors (Lipinski definition) is 2. The number of hydrazine groups is 1. The number of carbonyl (C=O) groups excluding carboxylic acids is 2. The SMILES string of the molecule is O=C(NNC(=O)C(Sc1ccccc1)c1ccccc1)c1ccccc1Br. The molecule has 0 aliphatic heterocycles. The molecule has 2 N–H and O–H groups in total. The quantitative estimate of drug-likeness (QED) is 0.444. The first-order chi connectivity index (χ1) is 13.1. The molecule has 1 unspecified atom stereocenters. The number of nitrogens with one attached hydrogen (secondary N) is 2. The van der Waals surface area contributed by atoms with Crippen molar-refractivity contribution >= 4 is 39.5 Å². The summed E-state index contributed by atoms with van der Waals surface area (Å²) in [5.41, 5.74) is 6.35. The van der Waals surface area contributed by atoms with Gasteiger partial charge in [0.05, 0.1) is 5.56 Å². The molecule has 4 nitrogen and oxygen atoms in total. The summed E-state index contributed by atoms with van der Waals surface area (Å²) >= 11 is 4.76. The Bertz CT molecular complexity index is 920. The summed E-state index contributed by atoms with van der Waals surface area (Å²) in [6.07, 6.45) is 0. The minimum Gasteiger partial charge on any atom is -0.272 e. The van der Waals surface area contributed by atoms with Crippen LogP contribution in [0.3, 0.4) is 0 Å². The van der Waals surface area contributed by atoms with Gasteiger partial charge >= 0.3 is 0 Å². The molecule has 0 spiro atoms. The van der Waals surface area contributed by atoms with Gasteiger partial charge in [0.15, 0.2) is 0 Å². The van der Waals surface area contributed by atoms with Gasteiger partial charge in [-0.3, -0.25) is 20.4 Å². The van der Waals surface area contributed by atoms with Gasteiger partial charge in [-0.05, 0) is 45.8 Å². The molecule has 0 saturated heterocycles. The predicted octanol–water partition coefficient (Wildman–Crippen LogP) is 4.74. The minimum atomic E-state index is -0.492. The monoisotopic (exact) mass is 440 g/mol. The maximum absolute atomic E-state index is 12.8. The molecule has 6 heteroatoms. The van der Waals surface area contributed by atoms with E-state index in [1.54, 1.807) is 18.2 Å². The molecule has 27 heavy (non-hydrogen) atoms. The summed E-state index contributed by atoms with van der Waals surface area (Å²) in [5, 5.41) is -0.492. The topological polar surface area (TPSA) is 58.2 Å². The molecule has 0 aliphatic rings. The molecule has 0 aliphatic carbocycles. The summed E-state index contributed by atoms with van der Waals surface area (Å²) in [4.78, 5) is 26.1. The van der Waals surface area contributed by atoms with E-state index in [4.69, 9.17) is 0 Å². The van der Waals surface area contributed by atoms with Crippen LogP contribution in [-0.4, -0.2) is 11.8 Å². The van der Waals surface area contributed by atoms with E-state index in [1.165, 1.54) is 11.8 Å². The fourth-order valence-corrected chi connectivity index (χ4v) is 3.94. The van der Waals surface area contributed by atoms with Crippen molar-refractivity contribution < 1.29 is 9.59 Å². The van der Waals surface area contributed by atoms with Crippen LogP contribution in [0.4, 0.5) is 0 Å². The van der Waals surface area contributed by atoms with Crippen LogP contribution in [0.5, 0.6) is 0 Å². The first kappa shape index (κ1) is 19.2. The van der Waals surface area contributed by atoms with E-state index in [1.807, 2.05) is 66.7 Å². The van der Waals surface area contributed by atoms with Gasteiger partial charge in [-0.2, -0.15) is 0 Å². The summed E-state index contributed by atoms with van der Waals surface area (Å²) in [6, 6.07) is 26.2. The van der Waals surface area contributed by atoms with Crippen molar-refractivity contribution in [3.63, 3.8) is 0 Å². The van der Waals surface area contributed by atoms with Gasteiger partial charge in [0.25, 0.3) is 11.8 Å². The van der Waals surface area contributed by atoms with Crippen molar-refractivity contribution in [1.82, 2.24) is 10.9 Å². The van der Waals surface area contributed by atoms with Gasteiger partial charge in [0.1, 0.15) is 5.25 Å². The zero-order valence-corrected chi connectivity index (χ0v) is 16.7. The Kier molecular flexibility index (Phi) is 6.68. The standard InChI is InChI=1S/C21H17BrN2O2S/c22-18-14-8-7-13-17(18)20(25)23-24-21(26)19(15-9-3-1-4-10-15)27-16-11-5-2-6-12-16/h1-14,19H,(H,23,25)(H,24,26). The zero-order chi connectivity index (χ0) is 19.1. The molecular weight excluding hydrogens is 424 g/mol. The number of thioether (sulfide) groups is 1. The Morgan fingerprint density at radius 2 is 1.37 bits per heavy atom. The van der Waals surface area contributed by atoms with Crippen LogP contribution in [0.2, 0.25) is 0 Å². The maximum Gasteiger partial charge on any atom is 0.270 e. The largest absolute Gasteiger partial charge is 0.272 e. The van der Waals surface area contributed by atoms with Gasteiger partial charge in [-0.1, -0.05) is 60.7 Å². The lowest BCUT2D eigenvalue weighted by Gasteiger charge is -2.17. The van der Waals surface area contributed by atoms with Crippen molar-refractivity contribution in [2.75, 3.05) is 0 Å². The predicted molar refractivity (Wildman–Crippen MR) is 111 cm³/mol. The van der Waals surface area contributed by atoms with Crippen LogP contribution in [-0.2, 0) is 4.79 Å². The molecule has 0 aromatic heterocycles. The van der Waals surface area contributed by atoms with Crippen molar-refractivity contribution in [2.45, 2.75) is 10.1 Å². The van der Waals surface area contributed by atoms with Gasteiger partial charge in [0.2, 0.25) is 0 Å². The molecule has 0 fully saturated rings. The number of carbonyl (C=O) groups is 2. The number of amides is 2. The van der Waals surface area contributed by atoms with Crippen molar-refractivity contribution in [2.24, 2.45) is 0 Å². The van der Waals surface area contributed by atoms with Crippen LogP contribution >= 0.6 is 27.7 Å². The Hall–Kier alpha value is -2.57. The molecule has 3 aromatic rings. The lowest BCUT2D eigenvalue weighted by Crippen LogP contribution is -2.43. The Morgan fingerprint density at radius 1 is 0.778 bits per heavy atom. The second kappa shape index (κ2) is 9.39. The molecule has 0 saturated carbocycles. The van der Waals surface area contributed by atoms with Gasteiger partial charge in [-0.15, -0.1) is 11.8 Å². The minimum absolute atomic E-state index is 0.296. The third-order valence-corrected chi connectivity index (χ3v) is 5.71. The molecule has 3 aromatic carbocycles. The number of hydrogen-bond acceptors (Lipinski definition) is 3. The van der Waals surface area contributed by atoms with E-state index in [-0.39, 0.29) is 11.8 Å². The number of rotatable bonds is 5. The normalized spacial score (nSPS) is 11.4. The lowest BCUT2D eigenvalue weighted by atomic mass is 10.1. The average Bonchev–Trinajstić information content (AvgIpc) is 2.72. The average molecular weight is 441 g/mol. The smallest absolute Gasteiger partial charge is 0.270 e. The zero-order valence-electron chi connectivity index (χ0n) is 14.3. The Balaban J connectivity index is 1.73. The number of halogens is 1. The maximum atomic E-state index is 12.8. The van der Waals surface area contributed by atoms with Crippen molar-refractivity contribution in [3.05, 3.63) is 101 Å². The van der Waals surface area contributed by atoms with E-state index in [2.05, 4.69) is 26.8 Å². The van der Waals surface area contributed by atoms with Crippen LogP contribution in [0, 0.1) is 0 Å². The van der Waals surface area contributed by atoms with Gasteiger partial charge in [0, 0.05) is 9.37 Å². The third-order valence-electron chi connectivity index (χ3n) is 3.76. The van der Waals surface area contributed by atoms with Crippen LogP contribution in [0.25, 0.3) is 0 Å². The van der Waals surface area contributed by atoms with E-state index < -0.39 is 5.25 Å². The summed E-state index contributed by atoms with van der Waals surface area (Å²) in [7, 11) is 0. The molecule has 136 valence electrons. The van der Waals surface area contributed by atoms with Gasteiger partial charge in [-0.25, -0.2) is 0 Å². The highest BCUT2D eigenvalue weighted by atomic mass is 79.9. The first-order valence-corrected chi connectivity index (χ1v) is 9.94. The summed E-state index contributed by atoms with van der Waals surface area (Å²) in [5.74, 6) is -0.678. The summed E-state index contributed by atoms with van der Waals surface area (Å²) in [6.45, 7) is 0. The van der Waals surface area contributed by atoms with E-state index in [0.717, 1.165) is 10.5 Å². The van der Waals surface area contributed by atoms with Crippen LogP contribution < -0.4 is 10.9 Å².